The molecule has 0 fully saturated rings. The smallest absolute Gasteiger partial charge is 0.266 e. The second-order valence-corrected chi connectivity index (χ2v) is 6.45. The number of aromatic nitrogens is 2. The standard InChI is InChI=1S/C12H11Cl2N3O3S/c1-2-17-10(6-7-15-17)12(18)16-21(19,20)11-8(13)4-3-5-9(11)14/h3-7H,2H2,1H3,(H,16,18). The summed E-state index contributed by atoms with van der Waals surface area (Å²) in [6.07, 6.45) is 1.41. The van der Waals surface area contributed by atoms with Gasteiger partial charge in [0.05, 0.1) is 10.0 Å². The number of hydrogen-bond acceptors (Lipinski definition) is 4. The number of hydrogen-bond donors (Lipinski definition) is 1. The lowest BCUT2D eigenvalue weighted by Gasteiger charge is -2.10. The van der Waals surface area contributed by atoms with Crippen LogP contribution in [0.25, 0.3) is 0 Å². The quantitative estimate of drug-likeness (QED) is 0.920. The monoisotopic (exact) mass is 347 g/mol. The van der Waals surface area contributed by atoms with Gasteiger partial charge >= 0.3 is 0 Å². The van der Waals surface area contributed by atoms with E-state index in [-0.39, 0.29) is 20.6 Å². The van der Waals surface area contributed by atoms with Crippen LogP contribution in [0.1, 0.15) is 17.4 Å². The van der Waals surface area contributed by atoms with Gasteiger partial charge in [-0.25, -0.2) is 13.1 Å². The first-order valence-electron chi connectivity index (χ1n) is 5.89. The van der Waals surface area contributed by atoms with E-state index < -0.39 is 15.9 Å². The topological polar surface area (TPSA) is 81.1 Å². The van der Waals surface area contributed by atoms with Gasteiger partial charge in [-0.05, 0) is 25.1 Å². The van der Waals surface area contributed by atoms with Crippen molar-refractivity contribution in [2.75, 3.05) is 0 Å². The zero-order valence-electron chi connectivity index (χ0n) is 10.9. The number of amides is 1. The SMILES string of the molecule is CCn1nccc1C(=O)NS(=O)(=O)c1c(Cl)cccc1Cl. The van der Waals surface area contributed by atoms with Gasteiger partial charge in [-0.2, -0.15) is 5.10 Å². The van der Waals surface area contributed by atoms with Crippen molar-refractivity contribution in [3.05, 3.63) is 46.2 Å². The summed E-state index contributed by atoms with van der Waals surface area (Å²) in [6.45, 7) is 2.21. The van der Waals surface area contributed by atoms with Gasteiger partial charge in [0.25, 0.3) is 15.9 Å². The summed E-state index contributed by atoms with van der Waals surface area (Å²) in [5.41, 5.74) is 0.129. The maximum absolute atomic E-state index is 12.2. The molecule has 0 bridgehead atoms. The molecule has 1 aromatic heterocycles. The van der Waals surface area contributed by atoms with Gasteiger partial charge in [0.2, 0.25) is 0 Å². The zero-order valence-corrected chi connectivity index (χ0v) is 13.2. The third kappa shape index (κ3) is 3.20. The lowest BCUT2D eigenvalue weighted by molar-refractivity contribution is 0.0971. The molecule has 1 N–H and O–H groups in total. The molecule has 6 nitrogen and oxygen atoms in total. The van der Waals surface area contributed by atoms with Gasteiger partial charge in [0.1, 0.15) is 10.6 Å². The number of nitrogens with one attached hydrogen (secondary N) is 1. The molecule has 0 aliphatic rings. The van der Waals surface area contributed by atoms with Crippen LogP contribution in [-0.2, 0) is 16.6 Å². The van der Waals surface area contributed by atoms with Gasteiger partial charge in [-0.3, -0.25) is 9.48 Å². The molecule has 0 radical (unpaired) electrons. The Hall–Kier alpha value is -1.57. The molecule has 1 aromatic carbocycles. The van der Waals surface area contributed by atoms with Crippen molar-refractivity contribution in [2.24, 2.45) is 0 Å². The van der Waals surface area contributed by atoms with Crippen molar-refractivity contribution in [3.63, 3.8) is 0 Å². The molecule has 9 heteroatoms. The van der Waals surface area contributed by atoms with E-state index in [2.05, 4.69) is 5.10 Å². The second-order valence-electron chi connectivity index (χ2n) is 4.02. The fourth-order valence-electron chi connectivity index (χ4n) is 1.74. The number of rotatable bonds is 4. The second kappa shape index (κ2) is 6.05. The van der Waals surface area contributed by atoms with Crippen LogP contribution in [0.4, 0.5) is 0 Å². The third-order valence-electron chi connectivity index (χ3n) is 2.66. The normalized spacial score (nSPS) is 11.4. The first kappa shape index (κ1) is 15.8. The summed E-state index contributed by atoms with van der Waals surface area (Å²) in [5, 5.41) is 3.78. The molecule has 1 heterocycles. The maximum atomic E-state index is 12.2. The average Bonchev–Trinajstić information content (AvgIpc) is 2.85. The van der Waals surface area contributed by atoms with Crippen molar-refractivity contribution in [1.29, 1.82) is 0 Å². The predicted octanol–water partition coefficient (Wildman–Crippen LogP) is 2.33. The first-order chi connectivity index (χ1) is 9.86. The van der Waals surface area contributed by atoms with E-state index in [1.807, 2.05) is 4.72 Å². The zero-order chi connectivity index (χ0) is 15.6. The number of benzene rings is 1. The Morgan fingerprint density at radius 2 is 1.90 bits per heavy atom. The molecular weight excluding hydrogens is 337 g/mol. The molecule has 0 spiro atoms. The molecule has 0 aliphatic heterocycles. The average molecular weight is 348 g/mol. The van der Waals surface area contributed by atoms with E-state index in [0.29, 0.717) is 6.54 Å². The van der Waals surface area contributed by atoms with E-state index in [0.717, 1.165) is 0 Å². The Labute approximate surface area is 131 Å². The Balaban J connectivity index is 2.36. The molecule has 0 unspecified atom stereocenters. The van der Waals surface area contributed by atoms with Crippen LogP contribution in [0.15, 0.2) is 35.4 Å². The predicted molar refractivity (Wildman–Crippen MR) is 79.0 cm³/mol. The summed E-state index contributed by atoms with van der Waals surface area (Å²) >= 11 is 11.7. The summed E-state index contributed by atoms with van der Waals surface area (Å²) in [5.74, 6) is -0.801. The minimum Gasteiger partial charge on any atom is -0.266 e. The molecule has 21 heavy (non-hydrogen) atoms. The molecule has 0 aliphatic carbocycles. The van der Waals surface area contributed by atoms with Crippen LogP contribution in [0.3, 0.4) is 0 Å². The number of aryl methyl sites for hydroxylation is 1. The minimum atomic E-state index is -4.18. The Kier molecular flexibility index (Phi) is 4.55. The molecular formula is C12H11Cl2N3O3S. The van der Waals surface area contributed by atoms with Gasteiger partial charge < -0.3 is 0 Å². The Bertz CT molecular complexity index is 767. The summed E-state index contributed by atoms with van der Waals surface area (Å²) in [7, 11) is -4.18. The minimum absolute atomic E-state index is 0.0631. The highest BCUT2D eigenvalue weighted by Crippen LogP contribution is 2.28. The van der Waals surface area contributed by atoms with Gasteiger partial charge in [-0.1, -0.05) is 29.3 Å². The van der Waals surface area contributed by atoms with Crippen molar-refractivity contribution in [2.45, 2.75) is 18.4 Å². The number of carbonyl (C=O) groups excluding carboxylic acids is 1. The molecule has 0 saturated carbocycles. The molecule has 0 saturated heterocycles. The van der Waals surface area contributed by atoms with Crippen molar-refractivity contribution in [1.82, 2.24) is 14.5 Å². The largest absolute Gasteiger partial charge is 0.283 e. The third-order valence-corrected chi connectivity index (χ3v) is 4.95. The number of carbonyl (C=O) groups is 1. The summed E-state index contributed by atoms with van der Waals surface area (Å²) in [6, 6.07) is 5.69. The van der Waals surface area contributed by atoms with Crippen molar-refractivity contribution >= 4 is 39.1 Å². The Morgan fingerprint density at radius 1 is 1.29 bits per heavy atom. The fraction of sp³-hybridized carbons (Fsp3) is 0.167. The van der Waals surface area contributed by atoms with E-state index >= 15 is 0 Å². The van der Waals surface area contributed by atoms with Crippen LogP contribution in [0.5, 0.6) is 0 Å². The molecule has 112 valence electrons. The van der Waals surface area contributed by atoms with Gasteiger partial charge in [-0.15, -0.1) is 0 Å². The van der Waals surface area contributed by atoms with E-state index in [1.165, 1.54) is 35.1 Å². The van der Waals surface area contributed by atoms with Crippen LogP contribution in [0.2, 0.25) is 10.0 Å². The number of nitrogens with zero attached hydrogens (tertiary/aromatic N) is 2. The van der Waals surface area contributed by atoms with Crippen LogP contribution in [-0.4, -0.2) is 24.1 Å². The van der Waals surface area contributed by atoms with Crippen LogP contribution in [0, 0.1) is 0 Å². The van der Waals surface area contributed by atoms with Crippen molar-refractivity contribution < 1.29 is 13.2 Å². The van der Waals surface area contributed by atoms with Gasteiger partial charge in [0.15, 0.2) is 0 Å². The first-order valence-corrected chi connectivity index (χ1v) is 8.13. The van der Waals surface area contributed by atoms with E-state index in [9.17, 15) is 13.2 Å². The van der Waals surface area contributed by atoms with E-state index in [1.54, 1.807) is 6.92 Å². The molecule has 0 atom stereocenters. The molecule has 2 aromatic rings. The summed E-state index contributed by atoms with van der Waals surface area (Å²) < 4.78 is 27.8. The highest BCUT2D eigenvalue weighted by Gasteiger charge is 2.25. The highest BCUT2D eigenvalue weighted by molar-refractivity contribution is 7.90. The van der Waals surface area contributed by atoms with Crippen LogP contribution >= 0.6 is 23.2 Å². The highest BCUT2D eigenvalue weighted by atomic mass is 35.5. The van der Waals surface area contributed by atoms with Crippen LogP contribution < -0.4 is 4.72 Å². The van der Waals surface area contributed by atoms with Gasteiger partial charge in [0, 0.05) is 12.7 Å². The maximum Gasteiger partial charge on any atom is 0.283 e. The fourth-order valence-corrected chi connectivity index (χ4v) is 3.85. The summed E-state index contributed by atoms with van der Waals surface area (Å²) in [4.78, 5) is 11.7. The Morgan fingerprint density at radius 3 is 2.48 bits per heavy atom. The number of sulfonamides is 1. The lowest BCUT2D eigenvalue weighted by atomic mass is 10.4. The number of halogens is 2. The lowest BCUT2D eigenvalue weighted by Crippen LogP contribution is -2.32. The molecule has 2 rings (SSSR count). The van der Waals surface area contributed by atoms with E-state index in [4.69, 9.17) is 23.2 Å². The van der Waals surface area contributed by atoms with Crippen molar-refractivity contribution in [3.8, 4) is 0 Å². The molecule has 1 amide bonds.